The number of nitrogens with one attached hydrogen (secondary N) is 1. The molecule has 0 unspecified atom stereocenters. The van der Waals surface area contributed by atoms with E-state index in [0.717, 1.165) is 18.4 Å². The van der Waals surface area contributed by atoms with Gasteiger partial charge in [0, 0.05) is 36.6 Å². The van der Waals surface area contributed by atoms with E-state index in [1.807, 2.05) is 0 Å². The molecule has 1 amide bonds. The third-order valence-electron chi connectivity index (χ3n) is 6.11. The van der Waals surface area contributed by atoms with Crippen LogP contribution in [-0.4, -0.2) is 39.6 Å². The molecule has 1 fully saturated rings. The summed E-state index contributed by atoms with van der Waals surface area (Å²) < 4.78 is 12.6. The lowest BCUT2D eigenvalue weighted by atomic mass is 10.1. The van der Waals surface area contributed by atoms with E-state index < -0.39 is 4.92 Å². The maximum absolute atomic E-state index is 13.5. The number of carbonyl (C=O) groups is 1. The normalized spacial score (nSPS) is 15.2. The van der Waals surface area contributed by atoms with Gasteiger partial charge in [0.05, 0.1) is 34.7 Å². The fraction of sp³-hybridized carbons (Fsp3) is 0.269. The first-order chi connectivity index (χ1) is 18.0. The van der Waals surface area contributed by atoms with Gasteiger partial charge < -0.3 is 14.5 Å². The lowest BCUT2D eigenvalue weighted by molar-refractivity contribution is -0.384. The van der Waals surface area contributed by atoms with Crippen molar-refractivity contribution in [1.29, 1.82) is 0 Å². The molecule has 11 heteroatoms. The van der Waals surface area contributed by atoms with Gasteiger partial charge in [0.25, 0.3) is 17.2 Å². The van der Waals surface area contributed by atoms with Crippen molar-refractivity contribution >= 4 is 34.3 Å². The van der Waals surface area contributed by atoms with Crippen LogP contribution < -0.4 is 10.9 Å². The van der Waals surface area contributed by atoms with E-state index in [1.165, 1.54) is 28.5 Å². The molecule has 1 aliphatic rings. The topological polar surface area (TPSA) is 130 Å². The summed E-state index contributed by atoms with van der Waals surface area (Å²) in [6, 6.07) is 14.6. The van der Waals surface area contributed by atoms with Crippen molar-refractivity contribution < 1.29 is 18.9 Å². The van der Waals surface area contributed by atoms with Gasteiger partial charge in [-0.05, 0) is 48.7 Å². The Balaban J connectivity index is 1.43. The molecular formula is C26H24N4O6S. The number of nitrogens with zero attached hydrogens (tertiary/aromatic N) is 3. The Kier molecular flexibility index (Phi) is 7.33. The Morgan fingerprint density at radius 3 is 2.76 bits per heavy atom. The molecule has 0 spiro atoms. The molecule has 2 aromatic heterocycles. The van der Waals surface area contributed by atoms with E-state index in [2.05, 4.69) is 5.32 Å². The summed E-state index contributed by atoms with van der Waals surface area (Å²) in [6.45, 7) is 1.34. The number of rotatable bonds is 9. The van der Waals surface area contributed by atoms with Crippen molar-refractivity contribution in [1.82, 2.24) is 14.9 Å². The molecule has 1 saturated heterocycles. The number of non-ortho nitro benzene ring substituents is 1. The van der Waals surface area contributed by atoms with Gasteiger partial charge in [-0.25, -0.2) is 4.98 Å². The highest BCUT2D eigenvalue weighted by Crippen LogP contribution is 2.25. The minimum Gasteiger partial charge on any atom is -0.467 e. The zero-order valence-electron chi connectivity index (χ0n) is 19.8. The molecule has 190 valence electrons. The van der Waals surface area contributed by atoms with E-state index in [1.54, 1.807) is 48.7 Å². The lowest BCUT2D eigenvalue weighted by Crippen LogP contribution is -2.31. The van der Waals surface area contributed by atoms with Gasteiger partial charge >= 0.3 is 0 Å². The van der Waals surface area contributed by atoms with Crippen LogP contribution in [0.25, 0.3) is 10.9 Å². The van der Waals surface area contributed by atoms with Crippen molar-refractivity contribution in [3.8, 4) is 0 Å². The van der Waals surface area contributed by atoms with Crippen molar-refractivity contribution in [3.63, 3.8) is 0 Å². The smallest absolute Gasteiger partial charge is 0.269 e. The number of carbonyl (C=O) groups excluding carboxylic acids is 1. The minimum absolute atomic E-state index is 0.0117. The van der Waals surface area contributed by atoms with E-state index in [9.17, 15) is 19.7 Å². The fourth-order valence-corrected chi connectivity index (χ4v) is 5.08. The number of nitro groups is 1. The fourth-order valence-electron chi connectivity index (χ4n) is 4.13. The predicted molar refractivity (Wildman–Crippen MR) is 138 cm³/mol. The first-order valence-corrected chi connectivity index (χ1v) is 12.8. The van der Waals surface area contributed by atoms with Gasteiger partial charge in [0.2, 0.25) is 0 Å². The van der Waals surface area contributed by atoms with Crippen molar-refractivity contribution in [2.45, 2.75) is 36.4 Å². The second-order valence-corrected chi connectivity index (χ2v) is 9.60. The molecule has 10 nitrogen and oxygen atoms in total. The van der Waals surface area contributed by atoms with Gasteiger partial charge in [0.15, 0.2) is 5.16 Å². The van der Waals surface area contributed by atoms with Gasteiger partial charge in [-0.2, -0.15) is 0 Å². The highest BCUT2D eigenvalue weighted by atomic mass is 32.2. The van der Waals surface area contributed by atoms with Crippen LogP contribution in [0.3, 0.4) is 0 Å². The summed E-state index contributed by atoms with van der Waals surface area (Å²) in [5.41, 5.74) is 1.43. The Morgan fingerprint density at radius 2 is 2.05 bits per heavy atom. The van der Waals surface area contributed by atoms with Crippen LogP contribution in [0.5, 0.6) is 0 Å². The third-order valence-corrected chi connectivity index (χ3v) is 7.15. The molecule has 0 aliphatic carbocycles. The summed E-state index contributed by atoms with van der Waals surface area (Å²) in [4.78, 5) is 41.4. The Bertz CT molecular complexity index is 1480. The maximum atomic E-state index is 13.5. The van der Waals surface area contributed by atoms with Crippen LogP contribution in [0.2, 0.25) is 0 Å². The Labute approximate surface area is 215 Å². The number of ether oxygens (including phenoxy) is 1. The predicted octanol–water partition coefficient (Wildman–Crippen LogP) is 4.15. The largest absolute Gasteiger partial charge is 0.467 e. The van der Waals surface area contributed by atoms with E-state index in [4.69, 9.17) is 14.1 Å². The Hall–Kier alpha value is -3.96. The molecule has 1 aliphatic heterocycles. The first-order valence-electron chi connectivity index (χ1n) is 11.8. The zero-order chi connectivity index (χ0) is 25.8. The molecule has 4 aromatic rings. The average molecular weight is 521 g/mol. The molecule has 1 atom stereocenters. The van der Waals surface area contributed by atoms with E-state index in [-0.39, 0.29) is 29.8 Å². The van der Waals surface area contributed by atoms with Crippen LogP contribution >= 0.6 is 11.8 Å². The Morgan fingerprint density at radius 1 is 1.22 bits per heavy atom. The number of fused-ring (bicyclic) bond motifs is 1. The van der Waals surface area contributed by atoms with Gasteiger partial charge in [-0.3, -0.25) is 24.3 Å². The van der Waals surface area contributed by atoms with Crippen LogP contribution in [0.1, 0.15) is 34.5 Å². The number of benzene rings is 2. The third kappa shape index (κ3) is 5.73. The van der Waals surface area contributed by atoms with Crippen molar-refractivity contribution in [2.75, 3.05) is 13.2 Å². The number of hydrogen-bond donors (Lipinski definition) is 1. The second-order valence-electron chi connectivity index (χ2n) is 8.65. The van der Waals surface area contributed by atoms with Gasteiger partial charge in [-0.1, -0.05) is 23.9 Å². The molecule has 0 bridgehead atoms. The summed E-state index contributed by atoms with van der Waals surface area (Å²) in [5, 5.41) is 14.7. The van der Waals surface area contributed by atoms with Crippen molar-refractivity contribution in [3.05, 3.63) is 98.2 Å². The van der Waals surface area contributed by atoms with Crippen LogP contribution in [0, 0.1) is 10.1 Å². The first kappa shape index (κ1) is 24.7. The number of thioether (sulfide) groups is 1. The highest BCUT2D eigenvalue weighted by Gasteiger charge is 2.18. The van der Waals surface area contributed by atoms with Crippen molar-refractivity contribution in [2.24, 2.45) is 0 Å². The van der Waals surface area contributed by atoms with E-state index in [0.29, 0.717) is 46.3 Å². The van der Waals surface area contributed by atoms with Gasteiger partial charge in [0.1, 0.15) is 5.76 Å². The van der Waals surface area contributed by atoms with Crippen LogP contribution in [0.15, 0.2) is 75.2 Å². The molecule has 2 aromatic carbocycles. The highest BCUT2D eigenvalue weighted by molar-refractivity contribution is 7.98. The zero-order valence-corrected chi connectivity index (χ0v) is 20.6. The quantitative estimate of drug-likeness (QED) is 0.151. The number of amides is 1. The molecular weight excluding hydrogens is 496 g/mol. The van der Waals surface area contributed by atoms with Crippen LogP contribution in [-0.2, 0) is 17.0 Å². The van der Waals surface area contributed by atoms with Crippen LogP contribution in [0.4, 0.5) is 5.69 Å². The molecule has 0 saturated carbocycles. The second kappa shape index (κ2) is 11.0. The molecule has 37 heavy (non-hydrogen) atoms. The summed E-state index contributed by atoms with van der Waals surface area (Å²) in [6.07, 6.45) is 3.48. The molecule has 1 N–H and O–H groups in total. The standard InChI is InChI=1S/C26H24N4O6S/c31-24(27-14-20-3-1-11-35-20)18-7-10-22-23(13-18)28-26(29(25(22)32)15-21-4-2-12-36-21)37-16-17-5-8-19(9-6-17)30(33)34/h2,4-10,12-13,20H,1,3,11,14-16H2,(H,27,31)/t20-/m1/s1. The van der Waals surface area contributed by atoms with E-state index >= 15 is 0 Å². The SMILES string of the molecule is O=C(NC[C@H]1CCCO1)c1ccc2c(=O)n(Cc3ccco3)c(SCc3ccc([N+](=O)[O-])cc3)nc2c1. The molecule has 5 rings (SSSR count). The number of furan rings is 1. The number of nitro benzene ring substituents is 1. The summed E-state index contributed by atoms with van der Waals surface area (Å²) in [5.74, 6) is 0.792. The van der Waals surface area contributed by atoms with Gasteiger partial charge in [-0.15, -0.1) is 0 Å². The molecule has 0 radical (unpaired) electrons. The maximum Gasteiger partial charge on any atom is 0.269 e. The minimum atomic E-state index is -0.447. The lowest BCUT2D eigenvalue weighted by Gasteiger charge is -2.13. The number of hydrogen-bond acceptors (Lipinski definition) is 8. The monoisotopic (exact) mass is 520 g/mol. The number of aromatic nitrogens is 2. The average Bonchev–Trinajstić information content (AvgIpc) is 3.62. The summed E-state index contributed by atoms with van der Waals surface area (Å²) in [7, 11) is 0. The molecule has 3 heterocycles. The summed E-state index contributed by atoms with van der Waals surface area (Å²) >= 11 is 1.33.